The Morgan fingerprint density at radius 2 is 2.21 bits per heavy atom. The Hall–Kier alpha value is -1.60. The van der Waals surface area contributed by atoms with Crippen molar-refractivity contribution < 1.29 is 9.53 Å². The molecule has 0 bridgehead atoms. The van der Waals surface area contributed by atoms with Gasteiger partial charge >= 0.3 is 0 Å². The number of rotatable bonds is 5. The highest BCUT2D eigenvalue weighted by molar-refractivity contribution is 6.31. The minimum atomic E-state index is -0.464. The number of carbonyl (C=O) groups is 1. The van der Waals surface area contributed by atoms with Gasteiger partial charge in [-0.3, -0.25) is 10.1 Å². The highest BCUT2D eigenvalue weighted by Crippen LogP contribution is 2.21. The maximum absolute atomic E-state index is 12.3. The molecule has 2 heterocycles. The summed E-state index contributed by atoms with van der Waals surface area (Å²) in [5, 5.41) is 3.50. The fourth-order valence-electron chi connectivity index (χ4n) is 2.63. The number of hydrogen-bond donors (Lipinski definition) is 2. The van der Waals surface area contributed by atoms with Gasteiger partial charge in [0, 0.05) is 24.0 Å². The fourth-order valence-corrected chi connectivity index (χ4v) is 2.83. The third kappa shape index (κ3) is 4.27. The summed E-state index contributed by atoms with van der Waals surface area (Å²) in [6.07, 6.45) is 4.44. The molecule has 6 nitrogen and oxygen atoms in total. The predicted octanol–water partition coefficient (Wildman–Crippen LogP) is 2.45. The van der Waals surface area contributed by atoms with Crippen molar-refractivity contribution in [1.82, 2.24) is 9.55 Å². The summed E-state index contributed by atoms with van der Waals surface area (Å²) >= 11 is 6.18. The van der Waals surface area contributed by atoms with E-state index in [-0.39, 0.29) is 24.4 Å². The van der Waals surface area contributed by atoms with Gasteiger partial charge in [0.15, 0.2) is 0 Å². The van der Waals surface area contributed by atoms with E-state index >= 15 is 0 Å². The highest BCUT2D eigenvalue weighted by atomic mass is 35.5. The standard InChI is InChI=1S/C16H19ClN4O2.ClH/c17-13-4-2-1-3-11(13)10-21-8-7-19-16(21)20-15(22)14-6-5-12(9-18)23-14;/h1-4,7-8,12,14H,5-6,9-10,18H2,(H,19,20,22);1H/t12-,14+;/m1./s1. The Morgan fingerprint density at radius 3 is 2.92 bits per heavy atom. The molecule has 0 spiro atoms. The maximum atomic E-state index is 12.3. The number of nitrogens with two attached hydrogens (primary N) is 1. The zero-order valence-corrected chi connectivity index (χ0v) is 14.6. The minimum Gasteiger partial charge on any atom is -0.364 e. The van der Waals surface area contributed by atoms with Crippen LogP contribution in [0.15, 0.2) is 36.7 Å². The third-order valence-electron chi connectivity index (χ3n) is 3.91. The van der Waals surface area contributed by atoms with Crippen LogP contribution in [0, 0.1) is 0 Å². The number of imidazole rings is 1. The lowest BCUT2D eigenvalue weighted by molar-refractivity contribution is -0.126. The predicted molar refractivity (Wildman–Crippen MR) is 95.6 cm³/mol. The molecule has 130 valence electrons. The number of nitrogens with one attached hydrogen (secondary N) is 1. The molecule has 2 atom stereocenters. The molecule has 1 aromatic heterocycles. The number of amides is 1. The third-order valence-corrected chi connectivity index (χ3v) is 4.28. The molecule has 1 aliphatic heterocycles. The molecule has 1 saturated heterocycles. The number of nitrogens with zero attached hydrogens (tertiary/aromatic N) is 2. The smallest absolute Gasteiger partial charge is 0.255 e. The van der Waals surface area contributed by atoms with Crippen molar-refractivity contribution in [3.8, 4) is 0 Å². The van der Waals surface area contributed by atoms with E-state index in [1.807, 2.05) is 28.8 Å². The van der Waals surface area contributed by atoms with Gasteiger partial charge in [0.2, 0.25) is 5.95 Å². The first-order valence-electron chi connectivity index (χ1n) is 7.58. The topological polar surface area (TPSA) is 82.2 Å². The molecule has 24 heavy (non-hydrogen) atoms. The largest absolute Gasteiger partial charge is 0.364 e. The molecular formula is C16H20Cl2N4O2. The maximum Gasteiger partial charge on any atom is 0.255 e. The van der Waals surface area contributed by atoms with Crippen LogP contribution in [0.2, 0.25) is 5.02 Å². The molecule has 0 saturated carbocycles. The molecule has 2 aromatic rings. The van der Waals surface area contributed by atoms with Crippen LogP contribution in [-0.2, 0) is 16.1 Å². The summed E-state index contributed by atoms with van der Waals surface area (Å²) in [6.45, 7) is 0.969. The first-order valence-corrected chi connectivity index (χ1v) is 7.96. The number of halogens is 2. The van der Waals surface area contributed by atoms with Crippen LogP contribution in [0.4, 0.5) is 5.95 Å². The number of benzene rings is 1. The fraction of sp³-hybridized carbons (Fsp3) is 0.375. The zero-order valence-electron chi connectivity index (χ0n) is 13.0. The highest BCUT2D eigenvalue weighted by Gasteiger charge is 2.30. The zero-order chi connectivity index (χ0) is 16.2. The van der Waals surface area contributed by atoms with Crippen LogP contribution in [0.5, 0.6) is 0 Å². The van der Waals surface area contributed by atoms with E-state index in [2.05, 4.69) is 10.3 Å². The summed E-state index contributed by atoms with van der Waals surface area (Å²) in [4.78, 5) is 16.5. The van der Waals surface area contributed by atoms with Gasteiger partial charge in [-0.25, -0.2) is 4.98 Å². The van der Waals surface area contributed by atoms with Crippen LogP contribution in [0.3, 0.4) is 0 Å². The number of hydrogen-bond acceptors (Lipinski definition) is 4. The molecular weight excluding hydrogens is 351 g/mol. The van der Waals surface area contributed by atoms with Crippen molar-refractivity contribution in [2.24, 2.45) is 5.73 Å². The second-order valence-electron chi connectivity index (χ2n) is 5.52. The van der Waals surface area contributed by atoms with Gasteiger partial charge in [-0.15, -0.1) is 12.4 Å². The summed E-state index contributed by atoms with van der Waals surface area (Å²) in [7, 11) is 0. The van der Waals surface area contributed by atoms with Gasteiger partial charge < -0.3 is 15.0 Å². The van der Waals surface area contributed by atoms with Crippen LogP contribution in [-0.4, -0.2) is 34.2 Å². The SMILES string of the molecule is Cl.NC[C@H]1CC[C@@H](C(=O)Nc2nccn2Cc2ccccc2Cl)O1. The van der Waals surface area contributed by atoms with Crippen molar-refractivity contribution in [3.05, 3.63) is 47.2 Å². The summed E-state index contributed by atoms with van der Waals surface area (Å²) in [6, 6.07) is 7.59. The van der Waals surface area contributed by atoms with Gasteiger partial charge in [-0.2, -0.15) is 0 Å². The molecule has 0 radical (unpaired) electrons. The van der Waals surface area contributed by atoms with Crippen LogP contribution in [0.1, 0.15) is 18.4 Å². The summed E-state index contributed by atoms with van der Waals surface area (Å²) < 4.78 is 7.44. The Morgan fingerprint density at radius 1 is 1.42 bits per heavy atom. The molecule has 0 aliphatic carbocycles. The van der Waals surface area contributed by atoms with Crippen molar-refractivity contribution in [3.63, 3.8) is 0 Å². The summed E-state index contributed by atoms with van der Waals surface area (Å²) in [5.74, 6) is 0.294. The molecule has 1 aromatic carbocycles. The number of aromatic nitrogens is 2. The molecule has 1 aliphatic rings. The lowest BCUT2D eigenvalue weighted by Gasteiger charge is -2.14. The van der Waals surface area contributed by atoms with E-state index < -0.39 is 6.10 Å². The van der Waals surface area contributed by atoms with E-state index in [4.69, 9.17) is 22.1 Å². The first kappa shape index (κ1) is 18.7. The van der Waals surface area contributed by atoms with Gasteiger partial charge in [-0.05, 0) is 24.5 Å². The van der Waals surface area contributed by atoms with Gasteiger partial charge in [-0.1, -0.05) is 29.8 Å². The minimum absolute atomic E-state index is 0. The Labute approximate surface area is 151 Å². The molecule has 3 N–H and O–H groups in total. The average Bonchev–Trinajstić information content (AvgIpc) is 3.19. The van der Waals surface area contributed by atoms with Crippen LogP contribution < -0.4 is 11.1 Å². The lowest BCUT2D eigenvalue weighted by atomic mass is 10.2. The van der Waals surface area contributed by atoms with Gasteiger partial charge in [0.05, 0.1) is 12.6 Å². The van der Waals surface area contributed by atoms with E-state index in [1.165, 1.54) is 0 Å². The molecule has 1 fully saturated rings. The first-order chi connectivity index (χ1) is 11.2. The molecule has 0 unspecified atom stereocenters. The van der Waals surface area contributed by atoms with Crippen LogP contribution >= 0.6 is 24.0 Å². The number of ether oxygens (including phenoxy) is 1. The quantitative estimate of drug-likeness (QED) is 0.846. The second kappa shape index (κ2) is 8.48. The van der Waals surface area contributed by atoms with Gasteiger partial charge in [0.1, 0.15) is 6.10 Å². The van der Waals surface area contributed by atoms with Gasteiger partial charge in [0.25, 0.3) is 5.91 Å². The molecule has 1 amide bonds. The number of carbonyl (C=O) groups excluding carboxylic acids is 1. The Kier molecular flexibility index (Phi) is 6.62. The van der Waals surface area contributed by atoms with Crippen molar-refractivity contribution in [2.45, 2.75) is 31.6 Å². The average molecular weight is 371 g/mol. The van der Waals surface area contributed by atoms with E-state index in [0.717, 1.165) is 12.0 Å². The second-order valence-corrected chi connectivity index (χ2v) is 5.93. The Bertz CT molecular complexity index is 692. The van der Waals surface area contributed by atoms with Crippen molar-refractivity contribution >= 4 is 35.9 Å². The normalized spacial score (nSPS) is 19.8. The lowest BCUT2D eigenvalue weighted by Crippen LogP contribution is -2.30. The van der Waals surface area contributed by atoms with Crippen molar-refractivity contribution in [2.75, 3.05) is 11.9 Å². The molecule has 8 heteroatoms. The van der Waals surface area contributed by atoms with E-state index in [9.17, 15) is 4.79 Å². The van der Waals surface area contributed by atoms with Crippen LogP contribution in [0.25, 0.3) is 0 Å². The van der Waals surface area contributed by atoms with E-state index in [0.29, 0.717) is 30.5 Å². The van der Waals surface area contributed by atoms with Crippen molar-refractivity contribution in [1.29, 1.82) is 0 Å². The summed E-state index contributed by atoms with van der Waals surface area (Å²) in [5.41, 5.74) is 6.53. The number of anilines is 1. The van der Waals surface area contributed by atoms with E-state index in [1.54, 1.807) is 12.4 Å². The molecule has 3 rings (SSSR count). The Balaban J connectivity index is 0.00000208. The monoisotopic (exact) mass is 370 g/mol.